The lowest BCUT2D eigenvalue weighted by molar-refractivity contribution is 0.409. The summed E-state index contributed by atoms with van der Waals surface area (Å²) in [7, 11) is 5.70. The van der Waals surface area contributed by atoms with Crippen LogP contribution < -0.4 is 15.0 Å². The van der Waals surface area contributed by atoms with Crippen LogP contribution in [-0.2, 0) is 13.1 Å². The van der Waals surface area contributed by atoms with Crippen LogP contribution in [0, 0.1) is 6.92 Å². The van der Waals surface area contributed by atoms with Crippen molar-refractivity contribution in [3.05, 3.63) is 53.2 Å². The molecule has 112 valence electrons. The molecular formula is C17H23N3O. The molecule has 21 heavy (non-hydrogen) atoms. The predicted octanol–water partition coefficient (Wildman–Crippen LogP) is 2.75. The molecule has 0 spiro atoms. The highest BCUT2D eigenvalue weighted by molar-refractivity contribution is 5.48. The Morgan fingerprint density at radius 2 is 2.05 bits per heavy atom. The van der Waals surface area contributed by atoms with Gasteiger partial charge in [-0.25, -0.2) is 4.98 Å². The van der Waals surface area contributed by atoms with E-state index in [1.54, 1.807) is 7.11 Å². The molecule has 0 unspecified atom stereocenters. The van der Waals surface area contributed by atoms with Crippen LogP contribution >= 0.6 is 0 Å². The first-order chi connectivity index (χ1) is 10.2. The number of nitrogens with one attached hydrogen (secondary N) is 1. The molecule has 1 aromatic heterocycles. The van der Waals surface area contributed by atoms with Crippen molar-refractivity contribution in [1.29, 1.82) is 0 Å². The maximum atomic E-state index is 5.41. The van der Waals surface area contributed by atoms with Gasteiger partial charge in [-0.15, -0.1) is 0 Å². The number of ether oxygens (including phenoxy) is 1. The average Bonchev–Trinajstić information content (AvgIpc) is 2.48. The second-order valence-electron chi connectivity index (χ2n) is 5.18. The SMILES string of the molecule is CNCc1cnc(N(C)Cc2ccccc2OC)c(C)c1. The largest absolute Gasteiger partial charge is 0.496 e. The first-order valence-electron chi connectivity index (χ1n) is 7.09. The number of nitrogens with zero attached hydrogens (tertiary/aromatic N) is 2. The molecule has 2 rings (SSSR count). The summed E-state index contributed by atoms with van der Waals surface area (Å²) in [4.78, 5) is 6.74. The molecule has 0 bridgehead atoms. The van der Waals surface area contributed by atoms with Crippen molar-refractivity contribution in [3.8, 4) is 5.75 Å². The van der Waals surface area contributed by atoms with E-state index in [-0.39, 0.29) is 0 Å². The van der Waals surface area contributed by atoms with E-state index in [1.165, 1.54) is 11.1 Å². The fourth-order valence-corrected chi connectivity index (χ4v) is 2.49. The maximum Gasteiger partial charge on any atom is 0.131 e. The molecule has 0 saturated heterocycles. The van der Waals surface area contributed by atoms with Crippen molar-refractivity contribution >= 4 is 5.82 Å². The molecule has 0 amide bonds. The van der Waals surface area contributed by atoms with Crippen LogP contribution in [0.25, 0.3) is 0 Å². The number of rotatable bonds is 6. The Kier molecular flexibility index (Phi) is 5.17. The van der Waals surface area contributed by atoms with E-state index in [0.29, 0.717) is 0 Å². The number of methoxy groups -OCH3 is 1. The first kappa shape index (κ1) is 15.3. The molecule has 1 heterocycles. The van der Waals surface area contributed by atoms with Crippen LogP contribution in [0.4, 0.5) is 5.82 Å². The highest BCUT2D eigenvalue weighted by Gasteiger charge is 2.10. The van der Waals surface area contributed by atoms with Gasteiger partial charge in [-0.1, -0.05) is 18.2 Å². The second-order valence-corrected chi connectivity index (χ2v) is 5.18. The van der Waals surface area contributed by atoms with E-state index in [1.807, 2.05) is 31.4 Å². The van der Waals surface area contributed by atoms with Gasteiger partial charge >= 0.3 is 0 Å². The normalized spacial score (nSPS) is 10.5. The molecule has 2 aromatic rings. The quantitative estimate of drug-likeness (QED) is 0.885. The summed E-state index contributed by atoms with van der Waals surface area (Å²) in [5.41, 5.74) is 3.53. The summed E-state index contributed by atoms with van der Waals surface area (Å²) < 4.78 is 5.41. The third kappa shape index (κ3) is 3.73. The Morgan fingerprint density at radius 3 is 2.71 bits per heavy atom. The van der Waals surface area contributed by atoms with Gasteiger partial charge in [0.1, 0.15) is 11.6 Å². The summed E-state index contributed by atoms with van der Waals surface area (Å²) in [6, 6.07) is 10.3. The highest BCUT2D eigenvalue weighted by Crippen LogP contribution is 2.23. The molecule has 0 aliphatic carbocycles. The maximum absolute atomic E-state index is 5.41. The zero-order chi connectivity index (χ0) is 15.2. The number of hydrogen-bond donors (Lipinski definition) is 1. The minimum absolute atomic E-state index is 0.767. The van der Waals surface area contributed by atoms with Gasteiger partial charge in [0.05, 0.1) is 7.11 Å². The van der Waals surface area contributed by atoms with Crippen molar-refractivity contribution in [3.63, 3.8) is 0 Å². The third-order valence-corrected chi connectivity index (χ3v) is 3.45. The minimum atomic E-state index is 0.767. The molecule has 1 N–H and O–H groups in total. The van der Waals surface area contributed by atoms with Gasteiger partial charge in [-0.2, -0.15) is 0 Å². The number of aryl methyl sites for hydroxylation is 1. The fourth-order valence-electron chi connectivity index (χ4n) is 2.49. The molecule has 0 fully saturated rings. The standard InChI is InChI=1S/C17H23N3O/c1-13-9-14(10-18-2)11-19-17(13)20(3)12-15-7-5-6-8-16(15)21-4/h5-9,11,18H,10,12H2,1-4H3. The molecule has 0 aliphatic rings. The van der Waals surface area contributed by atoms with Crippen molar-refractivity contribution < 1.29 is 4.74 Å². The van der Waals surface area contributed by atoms with Crippen LogP contribution in [0.5, 0.6) is 5.75 Å². The minimum Gasteiger partial charge on any atom is -0.496 e. The van der Waals surface area contributed by atoms with E-state index >= 15 is 0 Å². The second kappa shape index (κ2) is 7.09. The Morgan fingerprint density at radius 1 is 1.29 bits per heavy atom. The van der Waals surface area contributed by atoms with Crippen LogP contribution in [0.15, 0.2) is 36.5 Å². The third-order valence-electron chi connectivity index (χ3n) is 3.45. The number of hydrogen-bond acceptors (Lipinski definition) is 4. The molecule has 4 heteroatoms. The highest BCUT2D eigenvalue weighted by atomic mass is 16.5. The Hall–Kier alpha value is -2.07. The molecule has 0 atom stereocenters. The van der Waals surface area contributed by atoms with Gasteiger partial charge in [-0.05, 0) is 37.2 Å². The van der Waals surface area contributed by atoms with Crippen LogP contribution in [0.3, 0.4) is 0 Å². The molecule has 1 aromatic carbocycles. The van der Waals surface area contributed by atoms with E-state index < -0.39 is 0 Å². The first-order valence-corrected chi connectivity index (χ1v) is 7.09. The zero-order valence-electron chi connectivity index (χ0n) is 13.2. The summed E-state index contributed by atoms with van der Waals surface area (Å²) in [5, 5.41) is 3.14. The van der Waals surface area contributed by atoms with Crippen molar-refractivity contribution in [2.45, 2.75) is 20.0 Å². The summed E-state index contributed by atoms with van der Waals surface area (Å²) >= 11 is 0. The Labute approximate surface area is 126 Å². The van der Waals surface area contributed by atoms with Gasteiger partial charge in [0.2, 0.25) is 0 Å². The lowest BCUT2D eigenvalue weighted by Crippen LogP contribution is -2.19. The van der Waals surface area contributed by atoms with E-state index in [2.05, 4.69) is 41.3 Å². The molecule has 4 nitrogen and oxygen atoms in total. The summed E-state index contributed by atoms with van der Waals surface area (Å²) in [6.07, 6.45) is 1.93. The van der Waals surface area contributed by atoms with Gasteiger partial charge in [0, 0.05) is 31.9 Å². The number of anilines is 1. The summed E-state index contributed by atoms with van der Waals surface area (Å²) in [5.74, 6) is 1.91. The van der Waals surface area contributed by atoms with Gasteiger partial charge in [-0.3, -0.25) is 0 Å². The zero-order valence-corrected chi connectivity index (χ0v) is 13.2. The molecule has 0 aliphatic heterocycles. The van der Waals surface area contributed by atoms with Gasteiger partial charge in [0.25, 0.3) is 0 Å². The Bertz CT molecular complexity index is 598. The predicted molar refractivity (Wildman–Crippen MR) is 86.8 cm³/mol. The van der Waals surface area contributed by atoms with Gasteiger partial charge < -0.3 is 15.0 Å². The fraction of sp³-hybridized carbons (Fsp3) is 0.353. The van der Waals surface area contributed by atoms with E-state index in [4.69, 9.17) is 4.74 Å². The van der Waals surface area contributed by atoms with E-state index in [0.717, 1.165) is 30.2 Å². The number of aromatic nitrogens is 1. The average molecular weight is 285 g/mol. The van der Waals surface area contributed by atoms with Gasteiger partial charge in [0.15, 0.2) is 0 Å². The van der Waals surface area contributed by atoms with E-state index in [9.17, 15) is 0 Å². The van der Waals surface area contributed by atoms with Crippen LogP contribution in [0.1, 0.15) is 16.7 Å². The molecule has 0 saturated carbocycles. The smallest absolute Gasteiger partial charge is 0.131 e. The lowest BCUT2D eigenvalue weighted by atomic mass is 10.1. The number of pyridine rings is 1. The lowest BCUT2D eigenvalue weighted by Gasteiger charge is -2.21. The topological polar surface area (TPSA) is 37.4 Å². The van der Waals surface area contributed by atoms with Crippen LogP contribution in [0.2, 0.25) is 0 Å². The van der Waals surface area contributed by atoms with Crippen molar-refractivity contribution in [2.75, 3.05) is 26.1 Å². The summed E-state index contributed by atoms with van der Waals surface area (Å²) in [6.45, 7) is 3.70. The van der Waals surface area contributed by atoms with Crippen molar-refractivity contribution in [1.82, 2.24) is 10.3 Å². The van der Waals surface area contributed by atoms with Crippen molar-refractivity contribution in [2.24, 2.45) is 0 Å². The number of benzene rings is 1. The Balaban J connectivity index is 2.18. The molecular weight excluding hydrogens is 262 g/mol. The van der Waals surface area contributed by atoms with Crippen LogP contribution in [-0.4, -0.2) is 26.2 Å². The number of para-hydroxylation sites is 1. The monoisotopic (exact) mass is 285 g/mol. The molecule has 0 radical (unpaired) electrons.